The average Bonchev–Trinajstić information content (AvgIpc) is 3.30. The second-order valence-corrected chi connectivity index (χ2v) is 12.6. The molecule has 0 atom stereocenters. The molecule has 6 rings (SSSR count). The van der Waals surface area contributed by atoms with Crippen LogP contribution < -0.4 is 14.8 Å². The van der Waals surface area contributed by atoms with Crippen molar-refractivity contribution in [3.63, 3.8) is 0 Å². The van der Waals surface area contributed by atoms with E-state index in [1.54, 1.807) is 67.2 Å². The summed E-state index contributed by atoms with van der Waals surface area (Å²) in [5.74, 6) is 1.25. The summed E-state index contributed by atoms with van der Waals surface area (Å²) in [7, 11) is 0. The molecule has 0 aliphatic heterocycles. The van der Waals surface area contributed by atoms with Gasteiger partial charge in [-0.3, -0.25) is 4.79 Å². The van der Waals surface area contributed by atoms with Gasteiger partial charge in [-0.2, -0.15) is 18.3 Å². The van der Waals surface area contributed by atoms with E-state index >= 15 is 0 Å². The van der Waals surface area contributed by atoms with Gasteiger partial charge in [0.15, 0.2) is 0 Å². The topological polar surface area (TPSA) is 85.1 Å². The second-order valence-electron chi connectivity index (χ2n) is 12.6. The van der Waals surface area contributed by atoms with Gasteiger partial charge in [0, 0.05) is 11.6 Å². The van der Waals surface area contributed by atoms with Gasteiger partial charge < -0.3 is 19.9 Å². The highest BCUT2D eigenvalue weighted by molar-refractivity contribution is 5.81. The molecule has 4 aromatic rings. The Labute approximate surface area is 247 Å². The van der Waals surface area contributed by atoms with E-state index in [2.05, 4.69) is 10.4 Å². The molecule has 1 amide bonds. The Hall–Kier alpha value is -4.05. The summed E-state index contributed by atoms with van der Waals surface area (Å²) in [5.41, 5.74) is 1.46. The third-order valence-corrected chi connectivity index (χ3v) is 8.24. The fourth-order valence-electron chi connectivity index (χ4n) is 6.16. The second kappa shape index (κ2) is 10.9. The highest BCUT2D eigenvalue weighted by Crippen LogP contribution is 2.56. The van der Waals surface area contributed by atoms with E-state index in [0.29, 0.717) is 22.6 Å². The van der Waals surface area contributed by atoms with Crippen molar-refractivity contribution in [2.45, 2.75) is 69.9 Å². The van der Waals surface area contributed by atoms with Crippen molar-refractivity contribution in [2.24, 2.45) is 5.41 Å². The standard InChI is InChI=1S/C33H34F3N3O4/c1-31(2,41)20-42-27-10-11-29-23(18-37-39(29)19-27)13-30(40)38-25-14-32(15-25)16-28(17-32)43-26-8-6-21(7-9-26)22-4-3-5-24(12-22)33(34,35)36/h3-12,18-19,25,28,41H,13-17,20H2,1-2H3,(H,38,40). The number of carbonyl (C=O) groups excluding carboxylic acids is 1. The summed E-state index contributed by atoms with van der Waals surface area (Å²) in [6.07, 6.45) is 3.05. The normalized spacial score (nSPS) is 21.7. The number of amides is 1. The smallest absolute Gasteiger partial charge is 0.416 e. The number of rotatable bonds is 9. The molecule has 0 bridgehead atoms. The SMILES string of the molecule is CC(C)(O)COc1ccc2c(CC(=O)NC3CC4(C3)CC(Oc3ccc(-c5cccc(C(F)(F)F)c5)cc3)C4)cnn2c1. The molecule has 43 heavy (non-hydrogen) atoms. The van der Waals surface area contributed by atoms with Gasteiger partial charge in [-0.25, -0.2) is 4.52 Å². The van der Waals surface area contributed by atoms with Crippen molar-refractivity contribution in [1.29, 1.82) is 0 Å². The number of ether oxygens (including phenoxy) is 2. The molecule has 2 aliphatic rings. The van der Waals surface area contributed by atoms with Crippen LogP contribution in [0.1, 0.15) is 50.7 Å². The number of pyridine rings is 1. The first-order chi connectivity index (χ1) is 20.3. The zero-order valence-electron chi connectivity index (χ0n) is 24.0. The third-order valence-electron chi connectivity index (χ3n) is 8.24. The first kappa shape index (κ1) is 29.0. The summed E-state index contributed by atoms with van der Waals surface area (Å²) in [4.78, 5) is 12.8. The van der Waals surface area contributed by atoms with Crippen molar-refractivity contribution >= 4 is 11.4 Å². The number of carbonyl (C=O) groups is 1. The molecule has 0 unspecified atom stereocenters. The number of nitrogens with zero attached hydrogens (tertiary/aromatic N) is 2. The van der Waals surface area contributed by atoms with Gasteiger partial charge in [0.25, 0.3) is 0 Å². The number of aromatic nitrogens is 2. The molecule has 2 fully saturated rings. The minimum Gasteiger partial charge on any atom is -0.490 e. The quantitative estimate of drug-likeness (QED) is 0.241. The first-order valence-corrected chi connectivity index (χ1v) is 14.4. The molecular formula is C33H34F3N3O4. The highest BCUT2D eigenvalue weighted by atomic mass is 19.4. The summed E-state index contributed by atoms with van der Waals surface area (Å²) in [6.45, 7) is 3.51. The molecule has 226 valence electrons. The Morgan fingerprint density at radius 1 is 1.02 bits per heavy atom. The van der Waals surface area contributed by atoms with Crippen molar-refractivity contribution in [2.75, 3.05) is 6.61 Å². The number of alkyl halides is 3. The Morgan fingerprint density at radius 2 is 1.74 bits per heavy atom. The number of halogens is 3. The number of nitrogens with one attached hydrogen (secondary N) is 1. The van der Waals surface area contributed by atoms with Crippen molar-refractivity contribution in [1.82, 2.24) is 14.9 Å². The predicted molar refractivity (Wildman–Crippen MR) is 155 cm³/mol. The van der Waals surface area contributed by atoms with Crippen LogP contribution in [0.2, 0.25) is 0 Å². The number of hydrogen-bond acceptors (Lipinski definition) is 5. The lowest BCUT2D eigenvalue weighted by atomic mass is 9.53. The van der Waals surface area contributed by atoms with Crippen LogP contribution in [0.15, 0.2) is 73.1 Å². The van der Waals surface area contributed by atoms with E-state index in [1.165, 1.54) is 6.07 Å². The number of fused-ring (bicyclic) bond motifs is 1. The van der Waals surface area contributed by atoms with E-state index in [-0.39, 0.29) is 36.5 Å². The van der Waals surface area contributed by atoms with Crippen molar-refractivity contribution in [3.8, 4) is 22.6 Å². The van der Waals surface area contributed by atoms with Gasteiger partial charge in [-0.15, -0.1) is 0 Å². The number of aliphatic hydroxyl groups is 1. The molecular weight excluding hydrogens is 559 g/mol. The van der Waals surface area contributed by atoms with Crippen LogP contribution >= 0.6 is 0 Å². The molecule has 2 aromatic heterocycles. The minimum absolute atomic E-state index is 0.0370. The lowest BCUT2D eigenvalue weighted by Gasteiger charge is -2.57. The summed E-state index contributed by atoms with van der Waals surface area (Å²) >= 11 is 0. The van der Waals surface area contributed by atoms with Crippen LogP contribution in [-0.2, 0) is 17.4 Å². The molecule has 0 saturated heterocycles. The van der Waals surface area contributed by atoms with Crippen LogP contribution in [0.3, 0.4) is 0 Å². The van der Waals surface area contributed by atoms with Crippen molar-refractivity contribution in [3.05, 3.63) is 84.2 Å². The Morgan fingerprint density at radius 3 is 2.44 bits per heavy atom. The molecule has 0 radical (unpaired) electrons. The van der Waals surface area contributed by atoms with Crippen molar-refractivity contribution < 1.29 is 32.5 Å². The molecule has 2 aliphatic carbocycles. The third kappa shape index (κ3) is 6.64. The van der Waals surface area contributed by atoms with Crippen LogP contribution in [-0.4, -0.2) is 45.0 Å². The Bertz CT molecular complexity index is 1610. The molecule has 2 heterocycles. The summed E-state index contributed by atoms with van der Waals surface area (Å²) < 4.78 is 52.6. The minimum atomic E-state index is -4.38. The first-order valence-electron chi connectivity index (χ1n) is 14.4. The number of benzene rings is 2. The monoisotopic (exact) mass is 593 g/mol. The molecule has 2 N–H and O–H groups in total. The summed E-state index contributed by atoms with van der Waals surface area (Å²) in [6, 6.07) is 16.3. The lowest BCUT2D eigenvalue weighted by molar-refractivity contribution is -0.137. The van der Waals surface area contributed by atoms with E-state index in [0.717, 1.165) is 48.9 Å². The molecule has 1 spiro atoms. The molecule has 7 nitrogen and oxygen atoms in total. The van der Waals surface area contributed by atoms with E-state index < -0.39 is 17.3 Å². The summed E-state index contributed by atoms with van der Waals surface area (Å²) in [5, 5.41) is 17.4. The highest BCUT2D eigenvalue weighted by Gasteiger charge is 2.54. The zero-order valence-corrected chi connectivity index (χ0v) is 24.0. The Balaban J connectivity index is 0.947. The average molecular weight is 594 g/mol. The van der Waals surface area contributed by atoms with E-state index in [9.17, 15) is 23.1 Å². The largest absolute Gasteiger partial charge is 0.490 e. The van der Waals surface area contributed by atoms with Crippen LogP contribution in [0.5, 0.6) is 11.5 Å². The van der Waals surface area contributed by atoms with Crippen LogP contribution in [0.4, 0.5) is 13.2 Å². The maximum Gasteiger partial charge on any atom is 0.416 e. The predicted octanol–water partition coefficient (Wildman–Crippen LogP) is 6.22. The Kier molecular flexibility index (Phi) is 7.36. The molecule has 2 aromatic carbocycles. The number of hydrogen-bond donors (Lipinski definition) is 2. The zero-order chi connectivity index (χ0) is 30.4. The molecule has 2 saturated carbocycles. The fraction of sp³-hybridized carbons (Fsp3) is 0.394. The lowest BCUT2D eigenvalue weighted by Crippen LogP contribution is -2.58. The molecule has 10 heteroatoms. The van der Waals surface area contributed by atoms with Crippen LogP contribution in [0, 0.1) is 5.41 Å². The van der Waals surface area contributed by atoms with Crippen LogP contribution in [0.25, 0.3) is 16.6 Å². The fourth-order valence-corrected chi connectivity index (χ4v) is 6.16. The van der Waals surface area contributed by atoms with Gasteiger partial charge in [-0.1, -0.05) is 24.3 Å². The van der Waals surface area contributed by atoms with Gasteiger partial charge in [0.1, 0.15) is 18.1 Å². The van der Waals surface area contributed by atoms with Gasteiger partial charge in [0.2, 0.25) is 5.91 Å². The maximum atomic E-state index is 13.1. The van der Waals surface area contributed by atoms with Gasteiger partial charge in [0.05, 0.1) is 41.6 Å². The van der Waals surface area contributed by atoms with Gasteiger partial charge in [-0.05, 0) is 92.5 Å². The van der Waals surface area contributed by atoms with E-state index in [1.807, 2.05) is 6.07 Å². The van der Waals surface area contributed by atoms with E-state index in [4.69, 9.17) is 9.47 Å². The maximum absolute atomic E-state index is 13.1. The van der Waals surface area contributed by atoms with Gasteiger partial charge >= 0.3 is 6.18 Å².